The average molecular weight is 142 g/mol. The molecule has 1 aliphatic rings. The fraction of sp³-hybridized carbons (Fsp3) is 0.857. The third-order valence-corrected chi connectivity index (χ3v) is 1.41. The third kappa shape index (κ3) is 2.35. The van der Waals surface area contributed by atoms with E-state index in [9.17, 15) is 0 Å². The first-order chi connectivity index (χ1) is 4.93. The predicted molar refractivity (Wildman–Crippen MR) is 41.4 cm³/mol. The van der Waals surface area contributed by atoms with Gasteiger partial charge in [0.15, 0.2) is 5.90 Å². The van der Waals surface area contributed by atoms with Gasteiger partial charge in [-0.1, -0.05) is 6.92 Å². The predicted octanol–water partition coefficient (Wildman–Crippen LogP) is 0.415. The molecule has 0 atom stereocenters. The van der Waals surface area contributed by atoms with E-state index in [-0.39, 0.29) is 0 Å². The van der Waals surface area contributed by atoms with Crippen LogP contribution in [0.1, 0.15) is 13.3 Å². The molecule has 0 aliphatic carbocycles. The van der Waals surface area contributed by atoms with Gasteiger partial charge < -0.3 is 10.1 Å². The number of nitrogens with zero attached hydrogens (tertiary/aromatic N) is 1. The van der Waals surface area contributed by atoms with Gasteiger partial charge in [-0.3, -0.25) is 4.99 Å². The van der Waals surface area contributed by atoms with Crippen LogP contribution in [0.5, 0.6) is 0 Å². The van der Waals surface area contributed by atoms with Crippen molar-refractivity contribution >= 4 is 5.90 Å². The summed E-state index contributed by atoms with van der Waals surface area (Å²) in [5, 5.41) is 3.21. The minimum Gasteiger partial charge on any atom is -0.479 e. The fourth-order valence-electron chi connectivity index (χ4n) is 0.903. The van der Waals surface area contributed by atoms with Gasteiger partial charge in [0.1, 0.15) is 6.61 Å². The van der Waals surface area contributed by atoms with Gasteiger partial charge >= 0.3 is 0 Å². The van der Waals surface area contributed by atoms with Gasteiger partial charge in [0.25, 0.3) is 0 Å². The van der Waals surface area contributed by atoms with Crippen LogP contribution in [0.2, 0.25) is 0 Å². The Kier molecular flexibility index (Phi) is 3.22. The summed E-state index contributed by atoms with van der Waals surface area (Å²) in [6, 6.07) is 0. The number of aliphatic imine (C=N–C) groups is 1. The molecule has 58 valence electrons. The highest BCUT2D eigenvalue weighted by Crippen LogP contribution is 1.96. The van der Waals surface area contributed by atoms with Crippen molar-refractivity contribution in [2.75, 3.05) is 26.2 Å². The van der Waals surface area contributed by atoms with E-state index in [2.05, 4.69) is 17.2 Å². The molecule has 0 spiro atoms. The van der Waals surface area contributed by atoms with Gasteiger partial charge in [0.2, 0.25) is 0 Å². The lowest BCUT2D eigenvalue weighted by molar-refractivity contribution is 0.337. The molecule has 1 aliphatic heterocycles. The first-order valence-electron chi connectivity index (χ1n) is 3.80. The third-order valence-electron chi connectivity index (χ3n) is 1.41. The summed E-state index contributed by atoms with van der Waals surface area (Å²) in [5.41, 5.74) is 0. The molecule has 1 N–H and O–H groups in total. The van der Waals surface area contributed by atoms with Crippen LogP contribution in [0.25, 0.3) is 0 Å². The topological polar surface area (TPSA) is 33.6 Å². The first kappa shape index (κ1) is 7.54. The van der Waals surface area contributed by atoms with Crippen LogP contribution in [0.3, 0.4) is 0 Å². The Morgan fingerprint density at radius 2 is 2.60 bits per heavy atom. The fourth-order valence-corrected chi connectivity index (χ4v) is 0.903. The Labute approximate surface area is 61.5 Å². The lowest BCUT2D eigenvalue weighted by atomic mass is 10.4. The molecule has 3 nitrogen and oxygen atoms in total. The zero-order chi connectivity index (χ0) is 7.23. The van der Waals surface area contributed by atoms with E-state index < -0.39 is 0 Å². The van der Waals surface area contributed by atoms with Crippen LogP contribution in [0, 0.1) is 0 Å². The van der Waals surface area contributed by atoms with Gasteiger partial charge in [-0.2, -0.15) is 0 Å². The molecule has 10 heavy (non-hydrogen) atoms. The molecule has 0 saturated carbocycles. The summed E-state index contributed by atoms with van der Waals surface area (Å²) in [5.74, 6) is 0.918. The van der Waals surface area contributed by atoms with Crippen molar-refractivity contribution in [2.45, 2.75) is 13.3 Å². The van der Waals surface area contributed by atoms with Gasteiger partial charge in [-0.05, 0) is 6.54 Å². The maximum atomic E-state index is 5.21. The van der Waals surface area contributed by atoms with Gasteiger partial charge in [0, 0.05) is 13.0 Å². The highest BCUT2D eigenvalue weighted by Gasteiger charge is 2.04. The number of hydrogen-bond acceptors (Lipinski definition) is 3. The van der Waals surface area contributed by atoms with E-state index in [1.165, 1.54) is 0 Å². The molecule has 1 rings (SSSR count). The van der Waals surface area contributed by atoms with E-state index >= 15 is 0 Å². The normalized spacial score (nSPS) is 16.7. The van der Waals surface area contributed by atoms with E-state index in [0.29, 0.717) is 0 Å². The highest BCUT2D eigenvalue weighted by molar-refractivity contribution is 5.77. The molecule has 0 fully saturated rings. The van der Waals surface area contributed by atoms with E-state index in [0.717, 1.165) is 38.6 Å². The first-order valence-corrected chi connectivity index (χ1v) is 3.80. The summed E-state index contributed by atoms with van der Waals surface area (Å²) < 4.78 is 5.21. The van der Waals surface area contributed by atoms with Crippen molar-refractivity contribution in [2.24, 2.45) is 4.99 Å². The molecular formula is C7H14N2O. The van der Waals surface area contributed by atoms with Crippen LogP contribution in [0.15, 0.2) is 4.99 Å². The van der Waals surface area contributed by atoms with Crippen LogP contribution in [0.4, 0.5) is 0 Å². The molecule has 0 aromatic carbocycles. The van der Waals surface area contributed by atoms with Crippen molar-refractivity contribution in [3.05, 3.63) is 0 Å². The summed E-state index contributed by atoms with van der Waals surface area (Å²) in [7, 11) is 0. The van der Waals surface area contributed by atoms with E-state index in [1.807, 2.05) is 0 Å². The Hall–Kier alpha value is -0.570. The molecule has 0 aromatic heterocycles. The molecule has 0 saturated heterocycles. The number of rotatable bonds is 4. The van der Waals surface area contributed by atoms with Crippen molar-refractivity contribution in [3.8, 4) is 0 Å². The maximum Gasteiger partial charge on any atom is 0.184 e. The zero-order valence-corrected chi connectivity index (χ0v) is 6.39. The molecule has 3 heteroatoms. The summed E-state index contributed by atoms with van der Waals surface area (Å²) in [6.07, 6.45) is 0.938. The molecule has 0 bridgehead atoms. The number of nitrogens with one attached hydrogen (secondary N) is 1. The van der Waals surface area contributed by atoms with Crippen LogP contribution < -0.4 is 5.32 Å². The van der Waals surface area contributed by atoms with Crippen LogP contribution in [-0.4, -0.2) is 32.1 Å². The molecule has 0 aromatic rings. The zero-order valence-electron chi connectivity index (χ0n) is 6.39. The summed E-state index contributed by atoms with van der Waals surface area (Å²) in [6.45, 7) is 5.73. The van der Waals surface area contributed by atoms with Crippen molar-refractivity contribution in [1.29, 1.82) is 0 Å². The monoisotopic (exact) mass is 142 g/mol. The van der Waals surface area contributed by atoms with Gasteiger partial charge in [0.05, 0.1) is 6.54 Å². The minimum absolute atomic E-state index is 0.779. The number of ether oxygens (including phenoxy) is 1. The van der Waals surface area contributed by atoms with Crippen LogP contribution >= 0.6 is 0 Å². The number of hydrogen-bond donors (Lipinski definition) is 1. The SMILES string of the molecule is CCNCCC1=NCCO1. The standard InChI is InChI=1S/C7H14N2O/c1-2-8-4-3-7-9-5-6-10-7/h8H,2-6H2,1H3. The second-order valence-electron chi connectivity index (χ2n) is 2.23. The maximum absolute atomic E-state index is 5.21. The molecule has 0 radical (unpaired) electrons. The Morgan fingerprint density at radius 1 is 1.70 bits per heavy atom. The van der Waals surface area contributed by atoms with E-state index in [4.69, 9.17) is 4.74 Å². The minimum atomic E-state index is 0.779. The quantitative estimate of drug-likeness (QED) is 0.577. The molecule has 0 unspecified atom stereocenters. The van der Waals surface area contributed by atoms with Gasteiger partial charge in [-0.25, -0.2) is 0 Å². The van der Waals surface area contributed by atoms with Crippen LogP contribution in [-0.2, 0) is 4.74 Å². The Balaban J connectivity index is 2.01. The molecule has 1 heterocycles. The van der Waals surface area contributed by atoms with Gasteiger partial charge in [-0.15, -0.1) is 0 Å². The van der Waals surface area contributed by atoms with Crippen molar-refractivity contribution in [1.82, 2.24) is 5.32 Å². The van der Waals surface area contributed by atoms with Crippen molar-refractivity contribution < 1.29 is 4.74 Å². The summed E-state index contributed by atoms with van der Waals surface area (Å²) >= 11 is 0. The average Bonchev–Trinajstić information content (AvgIpc) is 2.41. The lowest BCUT2D eigenvalue weighted by Gasteiger charge is -2.00. The largest absolute Gasteiger partial charge is 0.479 e. The molecule has 0 amide bonds. The smallest absolute Gasteiger partial charge is 0.184 e. The Bertz CT molecular complexity index is 123. The molecular weight excluding hydrogens is 128 g/mol. The van der Waals surface area contributed by atoms with Crippen molar-refractivity contribution in [3.63, 3.8) is 0 Å². The second-order valence-corrected chi connectivity index (χ2v) is 2.23. The Morgan fingerprint density at radius 3 is 3.20 bits per heavy atom. The van der Waals surface area contributed by atoms with E-state index in [1.54, 1.807) is 0 Å². The summed E-state index contributed by atoms with van der Waals surface area (Å²) in [4.78, 5) is 4.16. The highest BCUT2D eigenvalue weighted by atomic mass is 16.5. The second kappa shape index (κ2) is 4.28. The lowest BCUT2D eigenvalue weighted by Crippen LogP contribution is -2.17.